The molecule has 0 radical (unpaired) electrons. The summed E-state index contributed by atoms with van der Waals surface area (Å²) >= 11 is 0. The van der Waals surface area contributed by atoms with Gasteiger partial charge in [-0.05, 0) is 111 Å². The molecular weight excluding hydrogens is 420 g/mol. The van der Waals surface area contributed by atoms with E-state index in [2.05, 4.69) is 48.1 Å². The normalized spacial score (nSPS) is 51.5. The highest BCUT2D eigenvalue weighted by Crippen LogP contribution is 2.77. The van der Waals surface area contributed by atoms with Gasteiger partial charge >= 0.3 is 5.97 Å². The zero-order chi connectivity index (χ0) is 24.9. The van der Waals surface area contributed by atoms with Crippen LogP contribution >= 0.6 is 0 Å². The fraction of sp³-hybridized carbons (Fsp3) is 0.871. The molecule has 0 aromatic heterocycles. The van der Waals surface area contributed by atoms with Crippen molar-refractivity contribution < 1.29 is 14.3 Å². The molecule has 0 N–H and O–H groups in total. The van der Waals surface area contributed by atoms with E-state index in [0.717, 1.165) is 38.5 Å². The van der Waals surface area contributed by atoms with Crippen LogP contribution in [-0.2, 0) is 14.3 Å². The second-order valence-electron chi connectivity index (χ2n) is 14.5. The van der Waals surface area contributed by atoms with Gasteiger partial charge in [0, 0.05) is 11.8 Å². The lowest BCUT2D eigenvalue weighted by atomic mass is 9.32. The lowest BCUT2D eigenvalue weighted by Crippen LogP contribution is -2.66. The van der Waals surface area contributed by atoms with Gasteiger partial charge in [0.05, 0.1) is 12.5 Å². The first-order chi connectivity index (χ1) is 15.8. The fourth-order valence-corrected chi connectivity index (χ4v) is 11.5. The summed E-state index contributed by atoms with van der Waals surface area (Å²) in [6.45, 7) is 18.8. The maximum Gasteiger partial charge on any atom is 0.312 e. The fourth-order valence-electron chi connectivity index (χ4n) is 11.5. The van der Waals surface area contributed by atoms with E-state index in [9.17, 15) is 9.59 Å². The van der Waals surface area contributed by atoms with E-state index in [0.29, 0.717) is 35.4 Å². The summed E-state index contributed by atoms with van der Waals surface area (Å²) in [6, 6.07) is 0. The van der Waals surface area contributed by atoms with Gasteiger partial charge < -0.3 is 4.74 Å². The Morgan fingerprint density at radius 1 is 0.882 bits per heavy atom. The Bertz CT molecular complexity index is 918. The third-order valence-corrected chi connectivity index (χ3v) is 13.4. The molecule has 0 bridgehead atoms. The van der Waals surface area contributed by atoms with Crippen LogP contribution in [0, 0.1) is 56.7 Å². The van der Waals surface area contributed by atoms with E-state index in [1.54, 1.807) is 7.11 Å². The van der Waals surface area contributed by atoms with Crippen molar-refractivity contribution in [3.05, 3.63) is 12.2 Å². The van der Waals surface area contributed by atoms with Crippen LogP contribution < -0.4 is 0 Å². The number of hydrogen-bond donors (Lipinski definition) is 0. The molecule has 0 aliphatic heterocycles. The molecule has 3 nitrogen and oxygen atoms in total. The molecule has 0 spiro atoms. The first-order valence-electron chi connectivity index (χ1n) is 14.1. The van der Waals surface area contributed by atoms with E-state index in [1.165, 1.54) is 31.3 Å². The summed E-state index contributed by atoms with van der Waals surface area (Å²) in [5.74, 6) is 3.01. The van der Waals surface area contributed by atoms with Crippen LogP contribution in [0.5, 0.6) is 0 Å². The van der Waals surface area contributed by atoms with Gasteiger partial charge in [-0.3, -0.25) is 9.59 Å². The number of esters is 1. The van der Waals surface area contributed by atoms with Gasteiger partial charge in [0.15, 0.2) is 0 Å². The molecule has 0 aromatic carbocycles. The second-order valence-corrected chi connectivity index (χ2v) is 14.5. The van der Waals surface area contributed by atoms with Crippen LogP contribution in [0.15, 0.2) is 12.2 Å². The molecule has 5 saturated carbocycles. The maximum atomic E-state index is 13.3. The van der Waals surface area contributed by atoms with E-state index >= 15 is 0 Å². The molecule has 190 valence electrons. The number of ether oxygens (including phenoxy) is 1. The molecule has 3 heteroatoms. The zero-order valence-corrected chi connectivity index (χ0v) is 22.9. The highest BCUT2D eigenvalue weighted by molar-refractivity contribution is 5.85. The number of hydrogen-bond acceptors (Lipinski definition) is 3. The van der Waals surface area contributed by atoms with Crippen molar-refractivity contribution in [2.75, 3.05) is 7.11 Å². The average Bonchev–Trinajstić information content (AvgIpc) is 3.18. The molecule has 0 saturated heterocycles. The first-order valence-corrected chi connectivity index (χ1v) is 14.1. The zero-order valence-electron chi connectivity index (χ0n) is 22.9. The van der Waals surface area contributed by atoms with Gasteiger partial charge in [-0.15, -0.1) is 0 Å². The van der Waals surface area contributed by atoms with Crippen LogP contribution in [0.4, 0.5) is 0 Å². The Morgan fingerprint density at radius 2 is 1.59 bits per heavy atom. The van der Waals surface area contributed by atoms with Gasteiger partial charge in [0.2, 0.25) is 0 Å². The van der Waals surface area contributed by atoms with Crippen LogP contribution in [0.1, 0.15) is 106 Å². The summed E-state index contributed by atoms with van der Waals surface area (Å²) in [5.41, 5.74) is 1.45. The van der Waals surface area contributed by atoms with Crippen LogP contribution in [-0.4, -0.2) is 18.9 Å². The molecule has 5 fully saturated rings. The third-order valence-electron chi connectivity index (χ3n) is 13.4. The molecule has 0 amide bonds. The summed E-state index contributed by atoms with van der Waals surface area (Å²) in [7, 11) is 1.59. The lowest BCUT2D eigenvalue weighted by Gasteiger charge is -2.72. The number of methoxy groups -OCH3 is 1. The Labute approximate surface area is 207 Å². The first kappa shape index (κ1) is 24.6. The SMILES string of the molecule is C=C(C)C1CC[C@]2(C(=O)OC)CC[C@]3(C)[C@H](CC[C@@H]4[C@@]5(C)CCC(=O)C(C)(C)C5CC[C@]43C)C12. The molecule has 9 atom stereocenters. The number of ketones is 1. The molecule has 5 rings (SSSR count). The van der Waals surface area contributed by atoms with Crippen molar-refractivity contribution >= 4 is 11.8 Å². The van der Waals surface area contributed by atoms with E-state index in [4.69, 9.17) is 4.74 Å². The third kappa shape index (κ3) is 2.76. The van der Waals surface area contributed by atoms with Crippen LogP contribution in [0.3, 0.4) is 0 Å². The van der Waals surface area contributed by atoms with E-state index < -0.39 is 0 Å². The second kappa shape index (κ2) is 7.45. The van der Waals surface area contributed by atoms with Crippen molar-refractivity contribution in [1.29, 1.82) is 0 Å². The summed E-state index contributed by atoms with van der Waals surface area (Å²) in [6.07, 6.45) is 10.8. The number of allylic oxidation sites excluding steroid dienone is 1. The van der Waals surface area contributed by atoms with Gasteiger partial charge in [-0.25, -0.2) is 0 Å². The van der Waals surface area contributed by atoms with Crippen molar-refractivity contribution in [3.8, 4) is 0 Å². The highest BCUT2D eigenvalue weighted by Gasteiger charge is 2.72. The number of Topliss-reactive ketones (excluding diaryl/α,β-unsaturated/α-hetero) is 1. The lowest BCUT2D eigenvalue weighted by molar-refractivity contribution is -0.235. The molecule has 3 unspecified atom stereocenters. The Balaban J connectivity index is 1.57. The van der Waals surface area contributed by atoms with E-state index in [-0.39, 0.29) is 33.0 Å². The van der Waals surface area contributed by atoms with Gasteiger partial charge in [-0.2, -0.15) is 0 Å². The maximum absolute atomic E-state index is 13.3. The Kier molecular flexibility index (Phi) is 5.38. The van der Waals surface area contributed by atoms with E-state index in [1.807, 2.05) is 0 Å². The number of carbonyl (C=O) groups is 2. The average molecular weight is 469 g/mol. The van der Waals surface area contributed by atoms with Gasteiger partial charge in [0.25, 0.3) is 0 Å². The quantitative estimate of drug-likeness (QED) is 0.313. The Hall–Kier alpha value is -1.12. The Morgan fingerprint density at radius 3 is 2.24 bits per heavy atom. The minimum atomic E-state index is -0.313. The minimum Gasteiger partial charge on any atom is -0.469 e. The van der Waals surface area contributed by atoms with Crippen molar-refractivity contribution in [2.24, 2.45) is 56.7 Å². The molecule has 5 aliphatic carbocycles. The number of carbonyl (C=O) groups excluding carboxylic acids is 2. The standard InChI is InChI=1S/C31H48O3/c1-19(2)20-11-16-31(26(33)34-8)18-17-29(6)21(25(20)31)9-10-23-28(5)14-13-24(32)27(3,4)22(28)12-15-30(23,29)7/h20-23,25H,1,9-18H2,2-8H3/t20?,21-,22?,23-,25?,28+,29-,30-,31+/m1/s1. The molecule has 0 heterocycles. The smallest absolute Gasteiger partial charge is 0.312 e. The van der Waals surface area contributed by atoms with Crippen LogP contribution in [0.2, 0.25) is 0 Å². The number of rotatable bonds is 2. The van der Waals surface area contributed by atoms with Crippen molar-refractivity contribution in [3.63, 3.8) is 0 Å². The van der Waals surface area contributed by atoms with Gasteiger partial charge in [-0.1, -0.05) is 46.8 Å². The monoisotopic (exact) mass is 468 g/mol. The number of fused-ring (bicyclic) bond motifs is 7. The molecule has 34 heavy (non-hydrogen) atoms. The summed E-state index contributed by atoms with van der Waals surface area (Å²) in [5, 5.41) is 0. The van der Waals surface area contributed by atoms with Crippen LogP contribution in [0.25, 0.3) is 0 Å². The molecule has 5 aliphatic rings. The predicted octanol–water partition coefficient (Wildman–Crippen LogP) is 7.39. The highest BCUT2D eigenvalue weighted by atomic mass is 16.5. The summed E-state index contributed by atoms with van der Waals surface area (Å²) in [4.78, 5) is 26.3. The predicted molar refractivity (Wildman–Crippen MR) is 136 cm³/mol. The molecule has 0 aromatic rings. The van der Waals surface area contributed by atoms with Gasteiger partial charge in [0.1, 0.15) is 5.78 Å². The minimum absolute atomic E-state index is 0.0405. The molecular formula is C31H48O3. The van der Waals surface area contributed by atoms with Crippen molar-refractivity contribution in [2.45, 2.75) is 106 Å². The van der Waals surface area contributed by atoms with Crippen molar-refractivity contribution in [1.82, 2.24) is 0 Å². The topological polar surface area (TPSA) is 43.4 Å². The largest absolute Gasteiger partial charge is 0.469 e. The summed E-state index contributed by atoms with van der Waals surface area (Å²) < 4.78 is 5.49.